The van der Waals surface area contributed by atoms with Crippen LogP contribution in [0.25, 0.3) is 0 Å². The van der Waals surface area contributed by atoms with Crippen molar-refractivity contribution in [2.75, 3.05) is 12.8 Å². The second-order valence-corrected chi connectivity index (χ2v) is 4.62. The second-order valence-electron chi connectivity index (χ2n) is 2.77. The van der Waals surface area contributed by atoms with Crippen LogP contribution in [0, 0.1) is 0 Å². The lowest BCUT2D eigenvalue weighted by molar-refractivity contribution is 0.0697. The van der Waals surface area contributed by atoms with Crippen molar-refractivity contribution >= 4 is 21.7 Å². The number of nitrogens with two attached hydrogens (primary N) is 1. The molecular weight excluding hydrogens is 220 g/mol. The van der Waals surface area contributed by atoms with Gasteiger partial charge in [0.05, 0.1) is 11.3 Å². The van der Waals surface area contributed by atoms with Gasteiger partial charge < -0.3 is 10.8 Å². The van der Waals surface area contributed by atoms with E-state index in [0.717, 1.165) is 12.1 Å². The molecule has 6 nitrogen and oxygen atoms in total. The van der Waals surface area contributed by atoms with Gasteiger partial charge in [0.25, 0.3) is 0 Å². The van der Waals surface area contributed by atoms with Crippen LogP contribution in [0.5, 0.6) is 0 Å². The van der Waals surface area contributed by atoms with Crippen LogP contribution in [0.15, 0.2) is 23.1 Å². The number of nitrogens with one attached hydrogen (secondary N) is 1. The number of rotatable bonds is 3. The smallest absolute Gasteiger partial charge is 0.335 e. The summed E-state index contributed by atoms with van der Waals surface area (Å²) in [5, 5.41) is 8.64. The second kappa shape index (κ2) is 3.87. The van der Waals surface area contributed by atoms with E-state index in [-0.39, 0.29) is 16.1 Å². The lowest BCUT2D eigenvalue weighted by Crippen LogP contribution is -2.20. The highest BCUT2D eigenvalue weighted by Crippen LogP contribution is 2.19. The van der Waals surface area contributed by atoms with E-state index in [0.29, 0.717) is 0 Å². The third-order valence-electron chi connectivity index (χ3n) is 1.81. The van der Waals surface area contributed by atoms with Gasteiger partial charge in [-0.05, 0) is 25.2 Å². The summed E-state index contributed by atoms with van der Waals surface area (Å²) in [6.45, 7) is 0. The Hall–Kier alpha value is -1.60. The van der Waals surface area contributed by atoms with Gasteiger partial charge in [0, 0.05) is 0 Å². The first-order valence-corrected chi connectivity index (χ1v) is 5.43. The van der Waals surface area contributed by atoms with Gasteiger partial charge in [-0.2, -0.15) is 0 Å². The highest BCUT2D eigenvalue weighted by Gasteiger charge is 2.16. The van der Waals surface area contributed by atoms with E-state index in [1.54, 1.807) is 0 Å². The molecule has 0 aliphatic carbocycles. The number of benzene rings is 1. The largest absolute Gasteiger partial charge is 0.478 e. The molecule has 0 aliphatic rings. The van der Waals surface area contributed by atoms with Crippen LogP contribution in [0.2, 0.25) is 0 Å². The first kappa shape index (κ1) is 11.5. The molecule has 0 atom stereocenters. The Morgan fingerprint density at radius 3 is 2.47 bits per heavy atom. The molecule has 1 aromatic carbocycles. The summed E-state index contributed by atoms with van der Waals surface area (Å²) in [5.41, 5.74) is 5.29. The van der Waals surface area contributed by atoms with E-state index in [1.807, 2.05) is 0 Å². The monoisotopic (exact) mass is 230 g/mol. The van der Waals surface area contributed by atoms with Gasteiger partial charge in [-0.3, -0.25) is 0 Å². The summed E-state index contributed by atoms with van der Waals surface area (Å²) < 4.78 is 24.8. The number of sulfonamides is 1. The molecule has 0 bridgehead atoms. The average molecular weight is 230 g/mol. The van der Waals surface area contributed by atoms with Gasteiger partial charge in [0.2, 0.25) is 10.0 Å². The lowest BCUT2D eigenvalue weighted by Gasteiger charge is -2.06. The number of anilines is 1. The van der Waals surface area contributed by atoms with Crippen molar-refractivity contribution < 1.29 is 18.3 Å². The van der Waals surface area contributed by atoms with Crippen LogP contribution < -0.4 is 10.5 Å². The van der Waals surface area contributed by atoms with Gasteiger partial charge in [0.1, 0.15) is 4.90 Å². The fraction of sp³-hybridized carbons (Fsp3) is 0.125. The summed E-state index contributed by atoms with van der Waals surface area (Å²) in [6.07, 6.45) is 0. The molecule has 1 aromatic rings. The summed E-state index contributed by atoms with van der Waals surface area (Å²) in [6, 6.07) is 3.44. The number of carboxylic acid groups (broad SMARTS) is 1. The van der Waals surface area contributed by atoms with Gasteiger partial charge in [-0.25, -0.2) is 17.9 Å². The van der Waals surface area contributed by atoms with Crippen molar-refractivity contribution in [3.8, 4) is 0 Å². The highest BCUT2D eigenvalue weighted by atomic mass is 32.2. The Morgan fingerprint density at radius 1 is 1.47 bits per heavy atom. The molecule has 0 aliphatic heterocycles. The summed E-state index contributed by atoms with van der Waals surface area (Å²) in [7, 11) is -2.39. The normalized spacial score (nSPS) is 11.3. The molecular formula is C8H10N2O4S. The molecule has 0 saturated heterocycles. The number of hydrogen-bond donors (Lipinski definition) is 3. The van der Waals surface area contributed by atoms with Crippen molar-refractivity contribution in [1.29, 1.82) is 0 Å². The van der Waals surface area contributed by atoms with E-state index in [2.05, 4.69) is 4.72 Å². The molecule has 0 spiro atoms. The molecule has 0 aromatic heterocycles. The van der Waals surface area contributed by atoms with Crippen molar-refractivity contribution in [2.24, 2.45) is 0 Å². The number of nitrogen functional groups attached to an aromatic ring is 1. The van der Waals surface area contributed by atoms with Crippen molar-refractivity contribution in [2.45, 2.75) is 4.90 Å². The standard InChI is InChI=1S/C8H10N2O4S/c1-10-15(13,14)7-3-2-5(8(11)12)4-6(7)9/h2-4,10H,9H2,1H3,(H,11,12). The quantitative estimate of drug-likeness (QED) is 0.627. The predicted octanol–water partition coefficient (Wildman–Crippen LogP) is -0.125. The van der Waals surface area contributed by atoms with Crippen LogP contribution in [0.4, 0.5) is 5.69 Å². The maximum atomic E-state index is 11.4. The molecule has 0 heterocycles. The Labute approximate surface area is 86.8 Å². The first-order chi connectivity index (χ1) is 6.88. The number of hydrogen-bond acceptors (Lipinski definition) is 4. The zero-order chi connectivity index (χ0) is 11.6. The van der Waals surface area contributed by atoms with E-state index in [1.165, 1.54) is 13.1 Å². The third-order valence-corrected chi connectivity index (χ3v) is 3.30. The highest BCUT2D eigenvalue weighted by molar-refractivity contribution is 7.89. The fourth-order valence-corrected chi connectivity index (χ4v) is 1.87. The van der Waals surface area contributed by atoms with Crippen LogP contribution in [0.3, 0.4) is 0 Å². The topological polar surface area (TPSA) is 109 Å². The molecule has 7 heteroatoms. The van der Waals surface area contributed by atoms with E-state index >= 15 is 0 Å². The zero-order valence-corrected chi connectivity index (χ0v) is 8.71. The van der Waals surface area contributed by atoms with Crippen LogP contribution in [-0.4, -0.2) is 26.5 Å². The summed E-state index contributed by atoms with van der Waals surface area (Å²) >= 11 is 0. The maximum Gasteiger partial charge on any atom is 0.335 e. The van der Waals surface area contributed by atoms with Gasteiger partial charge >= 0.3 is 5.97 Å². The molecule has 4 N–H and O–H groups in total. The number of aromatic carboxylic acids is 1. The maximum absolute atomic E-state index is 11.4. The Morgan fingerprint density at radius 2 is 2.07 bits per heavy atom. The Balaban J connectivity index is 3.32. The van der Waals surface area contributed by atoms with Crippen LogP contribution >= 0.6 is 0 Å². The molecule has 0 unspecified atom stereocenters. The minimum atomic E-state index is -3.64. The summed E-state index contributed by atoms with van der Waals surface area (Å²) in [5.74, 6) is -1.16. The van der Waals surface area contributed by atoms with E-state index in [4.69, 9.17) is 10.8 Å². The van der Waals surface area contributed by atoms with Crippen LogP contribution in [0.1, 0.15) is 10.4 Å². The SMILES string of the molecule is CNS(=O)(=O)c1ccc(C(=O)O)cc1N. The lowest BCUT2D eigenvalue weighted by atomic mass is 10.2. The predicted molar refractivity (Wildman–Crippen MR) is 54.1 cm³/mol. The minimum Gasteiger partial charge on any atom is -0.478 e. The molecule has 1 rings (SSSR count). The first-order valence-electron chi connectivity index (χ1n) is 3.95. The molecule has 15 heavy (non-hydrogen) atoms. The van der Waals surface area contributed by atoms with Gasteiger partial charge in [-0.1, -0.05) is 0 Å². The van der Waals surface area contributed by atoms with Gasteiger partial charge in [-0.15, -0.1) is 0 Å². The Bertz CT molecular complexity index is 495. The zero-order valence-electron chi connectivity index (χ0n) is 7.89. The minimum absolute atomic E-state index is 0.0532. The molecule has 0 amide bonds. The van der Waals surface area contributed by atoms with Crippen molar-refractivity contribution in [1.82, 2.24) is 4.72 Å². The fourth-order valence-electron chi connectivity index (χ4n) is 1.04. The van der Waals surface area contributed by atoms with Crippen LogP contribution in [-0.2, 0) is 10.0 Å². The number of carboxylic acids is 1. The van der Waals surface area contributed by atoms with E-state index < -0.39 is 16.0 Å². The van der Waals surface area contributed by atoms with Crippen molar-refractivity contribution in [3.63, 3.8) is 0 Å². The average Bonchev–Trinajstić information content (AvgIpc) is 2.17. The molecule has 0 radical (unpaired) electrons. The molecule has 0 saturated carbocycles. The van der Waals surface area contributed by atoms with Gasteiger partial charge in [0.15, 0.2) is 0 Å². The number of carbonyl (C=O) groups is 1. The summed E-state index contributed by atoms with van der Waals surface area (Å²) in [4.78, 5) is 10.4. The Kier molecular flexibility index (Phi) is 2.96. The molecule has 82 valence electrons. The van der Waals surface area contributed by atoms with E-state index in [9.17, 15) is 13.2 Å². The van der Waals surface area contributed by atoms with Crippen molar-refractivity contribution in [3.05, 3.63) is 23.8 Å². The third kappa shape index (κ3) is 2.25. The molecule has 0 fully saturated rings.